The number of piperidine rings is 1. The van der Waals surface area contributed by atoms with E-state index < -0.39 is 10.0 Å². The first-order valence-electron chi connectivity index (χ1n) is 8.87. The molecule has 7 heteroatoms. The smallest absolute Gasteiger partial charge is 0.243 e. The van der Waals surface area contributed by atoms with E-state index in [1.54, 1.807) is 39.9 Å². The number of rotatable bonds is 6. The Kier molecular flexibility index (Phi) is 6.11. The fraction of sp³-hybridized carbons (Fsp3) is 0.421. The lowest BCUT2D eigenvalue weighted by molar-refractivity contribution is -0.116. The molecule has 1 aromatic carbocycles. The molecule has 0 spiro atoms. The molecule has 2 aromatic rings. The zero-order chi connectivity index (χ0) is 18.6. The lowest BCUT2D eigenvalue weighted by atomic mass is 10.0. The molecule has 1 amide bonds. The summed E-state index contributed by atoms with van der Waals surface area (Å²) in [6, 6.07) is 10.4. The molecule has 0 radical (unpaired) electrons. The van der Waals surface area contributed by atoms with Crippen LogP contribution in [0.5, 0.6) is 0 Å². The molecule has 1 aliphatic rings. The van der Waals surface area contributed by atoms with Gasteiger partial charge in [-0.1, -0.05) is 13.0 Å². The molecular weight excluding hydrogens is 368 g/mol. The molecule has 1 N–H and O–H groups in total. The van der Waals surface area contributed by atoms with Crippen LogP contribution in [-0.2, 0) is 21.2 Å². The van der Waals surface area contributed by atoms with Crippen molar-refractivity contribution in [1.29, 1.82) is 0 Å². The van der Waals surface area contributed by atoms with Gasteiger partial charge in [-0.3, -0.25) is 4.79 Å². The first kappa shape index (κ1) is 19.1. The topological polar surface area (TPSA) is 66.5 Å². The molecule has 1 aliphatic heterocycles. The molecule has 1 atom stereocenters. The molecule has 0 unspecified atom stereocenters. The summed E-state index contributed by atoms with van der Waals surface area (Å²) >= 11 is 1.64. The number of nitrogens with zero attached hydrogens (tertiary/aromatic N) is 1. The summed E-state index contributed by atoms with van der Waals surface area (Å²) < 4.78 is 27.0. The Balaban J connectivity index is 1.59. The molecule has 0 bridgehead atoms. The molecule has 140 valence electrons. The maximum atomic E-state index is 12.7. The van der Waals surface area contributed by atoms with Crippen molar-refractivity contribution >= 4 is 33.0 Å². The summed E-state index contributed by atoms with van der Waals surface area (Å²) in [5.41, 5.74) is 0.618. The third-order valence-corrected chi connectivity index (χ3v) is 7.39. The van der Waals surface area contributed by atoms with E-state index >= 15 is 0 Å². The van der Waals surface area contributed by atoms with E-state index in [2.05, 4.69) is 12.2 Å². The number of hydrogen-bond acceptors (Lipinski definition) is 4. The van der Waals surface area contributed by atoms with Crippen molar-refractivity contribution in [1.82, 2.24) is 4.31 Å². The van der Waals surface area contributed by atoms with Crippen LogP contribution in [0.3, 0.4) is 0 Å². The van der Waals surface area contributed by atoms with E-state index in [1.807, 2.05) is 17.5 Å². The number of carbonyl (C=O) groups is 1. The summed E-state index contributed by atoms with van der Waals surface area (Å²) in [7, 11) is -3.46. The Labute approximate surface area is 159 Å². The summed E-state index contributed by atoms with van der Waals surface area (Å²) in [5.74, 6) is 0.319. The van der Waals surface area contributed by atoms with Crippen LogP contribution in [0, 0.1) is 5.92 Å². The molecule has 1 fully saturated rings. The van der Waals surface area contributed by atoms with Crippen molar-refractivity contribution in [3.05, 3.63) is 46.7 Å². The number of hydrogen-bond donors (Lipinski definition) is 1. The molecule has 0 aliphatic carbocycles. The summed E-state index contributed by atoms with van der Waals surface area (Å²) in [6.45, 7) is 3.23. The fourth-order valence-corrected chi connectivity index (χ4v) is 5.45. The summed E-state index contributed by atoms with van der Waals surface area (Å²) in [4.78, 5) is 13.5. The zero-order valence-electron chi connectivity index (χ0n) is 14.8. The maximum absolute atomic E-state index is 12.7. The minimum Gasteiger partial charge on any atom is -0.326 e. The van der Waals surface area contributed by atoms with Gasteiger partial charge in [-0.2, -0.15) is 4.31 Å². The predicted molar refractivity (Wildman–Crippen MR) is 105 cm³/mol. The van der Waals surface area contributed by atoms with Gasteiger partial charge in [-0.05, 0) is 60.9 Å². The Bertz CT molecular complexity index is 830. The number of amides is 1. The fourth-order valence-electron chi connectivity index (χ4n) is 3.14. The highest BCUT2D eigenvalue weighted by Gasteiger charge is 2.28. The molecule has 26 heavy (non-hydrogen) atoms. The molecule has 1 aromatic heterocycles. The van der Waals surface area contributed by atoms with Crippen LogP contribution in [0.2, 0.25) is 0 Å². The molecule has 3 rings (SSSR count). The third-order valence-electron chi connectivity index (χ3n) is 4.57. The normalized spacial score (nSPS) is 18.6. The minimum absolute atomic E-state index is 0.0705. The van der Waals surface area contributed by atoms with E-state index in [9.17, 15) is 13.2 Å². The van der Waals surface area contributed by atoms with E-state index in [4.69, 9.17) is 0 Å². The van der Waals surface area contributed by atoms with Crippen LogP contribution >= 0.6 is 11.3 Å². The number of anilines is 1. The van der Waals surface area contributed by atoms with Gasteiger partial charge in [0.15, 0.2) is 0 Å². The monoisotopic (exact) mass is 392 g/mol. The lowest BCUT2D eigenvalue weighted by Crippen LogP contribution is -2.39. The van der Waals surface area contributed by atoms with E-state index in [0.29, 0.717) is 37.5 Å². The van der Waals surface area contributed by atoms with Gasteiger partial charge < -0.3 is 5.32 Å². The molecular formula is C19H24N2O3S2. The Morgan fingerprint density at radius 2 is 2.04 bits per heavy atom. The highest BCUT2D eigenvalue weighted by molar-refractivity contribution is 7.89. The lowest BCUT2D eigenvalue weighted by Gasteiger charge is -2.30. The summed E-state index contributed by atoms with van der Waals surface area (Å²) in [6.07, 6.45) is 3.09. The molecule has 1 saturated heterocycles. The van der Waals surface area contributed by atoms with Gasteiger partial charge in [0.1, 0.15) is 0 Å². The van der Waals surface area contributed by atoms with E-state index in [1.165, 1.54) is 4.88 Å². The van der Waals surface area contributed by atoms with Crippen molar-refractivity contribution < 1.29 is 13.2 Å². The van der Waals surface area contributed by atoms with Gasteiger partial charge in [0.25, 0.3) is 0 Å². The van der Waals surface area contributed by atoms with Crippen molar-refractivity contribution in [2.24, 2.45) is 5.92 Å². The molecule has 0 saturated carbocycles. The predicted octanol–water partition coefficient (Wildman–Crippen LogP) is 3.74. The quantitative estimate of drug-likeness (QED) is 0.814. The highest BCUT2D eigenvalue weighted by atomic mass is 32.2. The maximum Gasteiger partial charge on any atom is 0.243 e. The number of aryl methyl sites for hydroxylation is 1. The Morgan fingerprint density at radius 1 is 1.27 bits per heavy atom. The standard InChI is InChI=1S/C19H24N2O3S2/c1-15-4-2-12-21(14-15)26(23,24)18-9-6-16(7-10-18)20-19(22)11-8-17-5-3-13-25-17/h3,5-7,9-10,13,15H,2,4,8,11-12,14H2,1H3,(H,20,22)/t15-/m1/s1. The van der Waals surface area contributed by atoms with Gasteiger partial charge in [0.05, 0.1) is 4.90 Å². The second kappa shape index (κ2) is 8.33. The van der Waals surface area contributed by atoms with Gasteiger partial charge in [-0.15, -0.1) is 11.3 Å². The second-order valence-electron chi connectivity index (χ2n) is 6.76. The van der Waals surface area contributed by atoms with Crippen molar-refractivity contribution in [2.75, 3.05) is 18.4 Å². The first-order chi connectivity index (χ1) is 12.4. The van der Waals surface area contributed by atoms with Crippen LogP contribution in [0.15, 0.2) is 46.7 Å². The van der Waals surface area contributed by atoms with Crippen LogP contribution in [-0.4, -0.2) is 31.7 Å². The highest BCUT2D eigenvalue weighted by Crippen LogP contribution is 2.24. The van der Waals surface area contributed by atoms with Gasteiger partial charge in [0, 0.05) is 30.1 Å². The number of benzene rings is 1. The number of carbonyl (C=O) groups excluding carboxylic acids is 1. The largest absolute Gasteiger partial charge is 0.326 e. The summed E-state index contributed by atoms with van der Waals surface area (Å²) in [5, 5.41) is 4.82. The first-order valence-corrected chi connectivity index (χ1v) is 11.2. The SMILES string of the molecule is C[C@@H]1CCCN(S(=O)(=O)c2ccc(NC(=O)CCc3cccs3)cc2)C1. The number of nitrogens with one attached hydrogen (secondary N) is 1. The van der Waals surface area contributed by atoms with Gasteiger partial charge in [-0.25, -0.2) is 8.42 Å². The van der Waals surface area contributed by atoms with Gasteiger partial charge >= 0.3 is 0 Å². The van der Waals surface area contributed by atoms with E-state index in [0.717, 1.165) is 12.8 Å². The van der Waals surface area contributed by atoms with Crippen molar-refractivity contribution in [3.63, 3.8) is 0 Å². The average Bonchev–Trinajstić information content (AvgIpc) is 3.14. The zero-order valence-corrected chi connectivity index (χ0v) is 16.5. The van der Waals surface area contributed by atoms with Crippen LogP contribution in [0.1, 0.15) is 31.1 Å². The van der Waals surface area contributed by atoms with Crippen LogP contribution in [0.4, 0.5) is 5.69 Å². The van der Waals surface area contributed by atoms with Crippen molar-refractivity contribution in [2.45, 2.75) is 37.5 Å². The third kappa shape index (κ3) is 4.72. The Hall–Kier alpha value is -1.70. The minimum atomic E-state index is -3.46. The Morgan fingerprint density at radius 3 is 2.69 bits per heavy atom. The second-order valence-corrected chi connectivity index (χ2v) is 9.73. The van der Waals surface area contributed by atoms with Crippen molar-refractivity contribution in [3.8, 4) is 0 Å². The average molecular weight is 393 g/mol. The molecule has 2 heterocycles. The number of thiophene rings is 1. The van der Waals surface area contributed by atoms with Crippen LogP contribution < -0.4 is 5.32 Å². The van der Waals surface area contributed by atoms with E-state index in [-0.39, 0.29) is 10.8 Å². The van der Waals surface area contributed by atoms with Gasteiger partial charge in [0.2, 0.25) is 15.9 Å². The molecule has 5 nitrogen and oxygen atoms in total. The number of sulfonamides is 1. The van der Waals surface area contributed by atoms with Crippen LogP contribution in [0.25, 0.3) is 0 Å².